The lowest BCUT2D eigenvalue weighted by Gasteiger charge is -2.38. The molecule has 0 bridgehead atoms. The fraction of sp³-hybridized carbons (Fsp3) is 0.417. The topological polar surface area (TPSA) is 49.9 Å². The van der Waals surface area contributed by atoms with Crippen molar-refractivity contribution >= 4 is 27.7 Å². The van der Waals surface area contributed by atoms with E-state index >= 15 is 0 Å². The van der Waals surface area contributed by atoms with Crippen LogP contribution in [-0.2, 0) is 20.7 Å². The second-order valence-corrected chi connectivity index (χ2v) is 8.95. The molecule has 4 rings (SSSR count). The van der Waals surface area contributed by atoms with E-state index < -0.39 is 0 Å². The highest BCUT2D eigenvalue weighted by molar-refractivity contribution is 9.10. The van der Waals surface area contributed by atoms with Crippen LogP contribution < -0.4 is 0 Å². The normalized spacial score (nSPS) is 22.0. The average Bonchev–Trinajstić information content (AvgIpc) is 2.80. The van der Waals surface area contributed by atoms with Crippen LogP contribution in [0.5, 0.6) is 0 Å². The summed E-state index contributed by atoms with van der Waals surface area (Å²) in [5.74, 6) is 0.133. The fourth-order valence-electron chi connectivity index (χ4n) is 4.27. The Kier molecular flexibility index (Phi) is 6.85. The largest absolute Gasteiger partial charge is 0.370 e. The number of carbonyl (C=O) groups excluding carboxylic acids is 2. The first-order valence-electron chi connectivity index (χ1n) is 10.6. The highest BCUT2D eigenvalue weighted by Gasteiger charge is 2.33. The van der Waals surface area contributed by atoms with Crippen LogP contribution in [-0.4, -0.2) is 54.4 Å². The Balaban J connectivity index is 1.36. The smallest absolute Gasteiger partial charge is 0.227 e. The molecule has 2 aliphatic heterocycles. The molecule has 2 saturated heterocycles. The zero-order chi connectivity index (χ0) is 20.9. The second-order valence-electron chi connectivity index (χ2n) is 8.04. The Labute approximate surface area is 186 Å². The van der Waals surface area contributed by atoms with Gasteiger partial charge in [-0.25, -0.2) is 0 Å². The van der Waals surface area contributed by atoms with Crippen LogP contribution in [0.3, 0.4) is 0 Å². The van der Waals surface area contributed by atoms with Gasteiger partial charge < -0.3 is 14.5 Å². The van der Waals surface area contributed by atoms with Gasteiger partial charge in [-0.05, 0) is 36.1 Å². The van der Waals surface area contributed by atoms with Gasteiger partial charge >= 0.3 is 0 Å². The number of nitrogens with zero attached hydrogens (tertiary/aromatic N) is 2. The molecule has 2 fully saturated rings. The van der Waals surface area contributed by atoms with Crippen molar-refractivity contribution in [2.45, 2.75) is 25.4 Å². The molecule has 0 aliphatic carbocycles. The molecule has 0 saturated carbocycles. The molecule has 2 unspecified atom stereocenters. The minimum absolute atomic E-state index is 0.102. The number of hydrogen-bond donors (Lipinski definition) is 0. The summed E-state index contributed by atoms with van der Waals surface area (Å²) in [6, 6.07) is 17.9. The van der Waals surface area contributed by atoms with Gasteiger partial charge in [-0.15, -0.1) is 0 Å². The van der Waals surface area contributed by atoms with Crippen LogP contribution in [0, 0.1) is 5.92 Å². The number of rotatable bonds is 4. The van der Waals surface area contributed by atoms with Gasteiger partial charge in [0.2, 0.25) is 11.8 Å². The highest BCUT2D eigenvalue weighted by Crippen LogP contribution is 2.26. The van der Waals surface area contributed by atoms with Crippen molar-refractivity contribution in [3.8, 4) is 0 Å². The minimum atomic E-state index is -0.123. The Bertz CT molecular complexity index is 872. The first-order valence-corrected chi connectivity index (χ1v) is 11.4. The average molecular weight is 471 g/mol. The molecule has 2 amide bonds. The van der Waals surface area contributed by atoms with Gasteiger partial charge in [0, 0.05) is 24.1 Å². The monoisotopic (exact) mass is 470 g/mol. The summed E-state index contributed by atoms with van der Waals surface area (Å²) in [4.78, 5) is 29.8. The van der Waals surface area contributed by atoms with Gasteiger partial charge in [-0.1, -0.05) is 58.4 Å². The summed E-state index contributed by atoms with van der Waals surface area (Å²) in [5.41, 5.74) is 2.10. The van der Waals surface area contributed by atoms with Crippen molar-refractivity contribution in [3.63, 3.8) is 0 Å². The fourth-order valence-corrected chi connectivity index (χ4v) is 4.54. The number of amides is 2. The SMILES string of the molecule is O=C(Cc1ccccc1)N1CCCC(C(=O)N2CCOC(c3ccc(Br)cc3)C2)C1. The summed E-state index contributed by atoms with van der Waals surface area (Å²) in [6.07, 6.45) is 2.01. The first-order chi connectivity index (χ1) is 14.6. The van der Waals surface area contributed by atoms with Gasteiger partial charge in [0.05, 0.1) is 25.5 Å². The molecule has 2 atom stereocenters. The zero-order valence-corrected chi connectivity index (χ0v) is 18.6. The third-order valence-electron chi connectivity index (χ3n) is 5.94. The predicted molar refractivity (Wildman–Crippen MR) is 119 cm³/mol. The number of piperidine rings is 1. The number of hydrogen-bond acceptors (Lipinski definition) is 3. The summed E-state index contributed by atoms with van der Waals surface area (Å²) < 4.78 is 6.95. The van der Waals surface area contributed by atoms with E-state index in [1.807, 2.05) is 64.4 Å². The molecule has 30 heavy (non-hydrogen) atoms. The van der Waals surface area contributed by atoms with Gasteiger partial charge in [0.15, 0.2) is 0 Å². The predicted octanol–water partition coefficient (Wildman–Crippen LogP) is 3.83. The third kappa shape index (κ3) is 5.10. The molecule has 158 valence electrons. The molecule has 2 heterocycles. The van der Waals surface area contributed by atoms with Crippen LogP contribution in [0.25, 0.3) is 0 Å². The first kappa shape index (κ1) is 21.1. The number of carbonyl (C=O) groups is 2. The molecule has 0 N–H and O–H groups in total. The van der Waals surface area contributed by atoms with Crippen molar-refractivity contribution in [2.24, 2.45) is 5.92 Å². The second kappa shape index (κ2) is 9.75. The van der Waals surface area contributed by atoms with Gasteiger partial charge in [-0.2, -0.15) is 0 Å². The summed E-state index contributed by atoms with van der Waals surface area (Å²) in [6.45, 7) is 2.97. The molecule has 5 nitrogen and oxygen atoms in total. The Morgan fingerprint density at radius 1 is 0.967 bits per heavy atom. The van der Waals surface area contributed by atoms with Crippen molar-refractivity contribution in [1.82, 2.24) is 9.80 Å². The highest BCUT2D eigenvalue weighted by atomic mass is 79.9. The molecule has 2 aliphatic rings. The number of halogens is 1. The van der Waals surface area contributed by atoms with Crippen molar-refractivity contribution in [1.29, 1.82) is 0 Å². The van der Waals surface area contributed by atoms with Gasteiger partial charge in [-0.3, -0.25) is 9.59 Å². The maximum absolute atomic E-state index is 13.2. The number of morpholine rings is 1. The van der Waals surface area contributed by atoms with Crippen LogP contribution in [0.15, 0.2) is 59.1 Å². The Hall–Kier alpha value is -2.18. The maximum Gasteiger partial charge on any atom is 0.227 e. The molecule has 0 spiro atoms. The third-order valence-corrected chi connectivity index (χ3v) is 6.47. The van der Waals surface area contributed by atoms with Gasteiger partial charge in [0.25, 0.3) is 0 Å². The minimum Gasteiger partial charge on any atom is -0.370 e. The van der Waals surface area contributed by atoms with Crippen molar-refractivity contribution < 1.29 is 14.3 Å². The van der Waals surface area contributed by atoms with Crippen molar-refractivity contribution in [2.75, 3.05) is 32.8 Å². The van der Waals surface area contributed by atoms with Crippen LogP contribution >= 0.6 is 15.9 Å². The molecule has 6 heteroatoms. The number of likely N-dealkylation sites (tertiary alicyclic amines) is 1. The van der Waals surface area contributed by atoms with Crippen LogP contribution in [0.4, 0.5) is 0 Å². The Morgan fingerprint density at radius 3 is 2.50 bits per heavy atom. The molecular formula is C24H27BrN2O3. The van der Waals surface area contributed by atoms with Crippen LogP contribution in [0.2, 0.25) is 0 Å². The lowest BCUT2D eigenvalue weighted by atomic mass is 9.95. The van der Waals surface area contributed by atoms with E-state index in [1.54, 1.807) is 0 Å². The lowest BCUT2D eigenvalue weighted by molar-refractivity contribution is -0.146. The summed E-state index contributed by atoms with van der Waals surface area (Å²) in [7, 11) is 0. The molecule has 0 aromatic heterocycles. The summed E-state index contributed by atoms with van der Waals surface area (Å²) in [5, 5.41) is 0. The van der Waals surface area contributed by atoms with E-state index in [1.165, 1.54) is 0 Å². The van der Waals surface area contributed by atoms with E-state index in [-0.39, 0.29) is 23.8 Å². The summed E-state index contributed by atoms with van der Waals surface area (Å²) >= 11 is 3.46. The maximum atomic E-state index is 13.2. The molecule has 0 radical (unpaired) electrons. The lowest BCUT2D eigenvalue weighted by Crippen LogP contribution is -2.50. The zero-order valence-electron chi connectivity index (χ0n) is 17.0. The van der Waals surface area contributed by atoms with E-state index in [4.69, 9.17) is 4.74 Å². The molecule has 2 aromatic rings. The van der Waals surface area contributed by atoms with E-state index in [2.05, 4.69) is 15.9 Å². The van der Waals surface area contributed by atoms with E-state index in [9.17, 15) is 9.59 Å². The van der Waals surface area contributed by atoms with Crippen LogP contribution in [0.1, 0.15) is 30.1 Å². The number of benzene rings is 2. The van der Waals surface area contributed by atoms with E-state index in [0.717, 1.165) is 35.0 Å². The van der Waals surface area contributed by atoms with E-state index in [0.29, 0.717) is 32.7 Å². The Morgan fingerprint density at radius 2 is 1.73 bits per heavy atom. The standard InChI is InChI=1S/C24H27BrN2O3/c25-21-10-8-19(9-11-21)22-17-27(13-14-30-22)24(29)20-7-4-12-26(16-20)23(28)15-18-5-2-1-3-6-18/h1-3,5-6,8-11,20,22H,4,7,12-17H2. The van der Waals surface area contributed by atoms with Gasteiger partial charge in [0.1, 0.15) is 6.10 Å². The number of ether oxygens (including phenoxy) is 1. The van der Waals surface area contributed by atoms with Crippen molar-refractivity contribution in [3.05, 3.63) is 70.2 Å². The quantitative estimate of drug-likeness (QED) is 0.681. The molecular weight excluding hydrogens is 444 g/mol. The molecule has 2 aromatic carbocycles.